The minimum atomic E-state index is -0.182. The van der Waals surface area contributed by atoms with Crippen molar-refractivity contribution in [1.82, 2.24) is 10.3 Å². The van der Waals surface area contributed by atoms with Crippen LogP contribution >= 0.6 is 11.3 Å². The first-order valence-corrected chi connectivity index (χ1v) is 8.54. The van der Waals surface area contributed by atoms with E-state index in [-0.39, 0.29) is 5.91 Å². The average molecular weight is 319 g/mol. The number of rotatable bonds is 4. The van der Waals surface area contributed by atoms with Crippen LogP contribution in [-0.4, -0.2) is 24.5 Å². The normalized spacial score (nSPS) is 15.9. The number of nitrogen functional groups attached to an aromatic ring is 1. The van der Waals surface area contributed by atoms with Gasteiger partial charge in [0.1, 0.15) is 15.5 Å². The van der Waals surface area contributed by atoms with Crippen molar-refractivity contribution in [3.8, 4) is 5.75 Å². The molecule has 0 bridgehead atoms. The number of hydrogen-bond acceptors (Lipinski definition) is 5. The zero-order chi connectivity index (χ0) is 15.5. The summed E-state index contributed by atoms with van der Waals surface area (Å²) in [5.74, 6) is 1.17. The van der Waals surface area contributed by atoms with E-state index in [9.17, 15) is 4.79 Å². The number of pyridine rings is 1. The van der Waals surface area contributed by atoms with Crippen LogP contribution in [0.2, 0.25) is 0 Å². The number of hydrogen-bond donors (Lipinski definition) is 2. The van der Waals surface area contributed by atoms with Gasteiger partial charge in [0, 0.05) is 13.2 Å². The van der Waals surface area contributed by atoms with Gasteiger partial charge in [0.15, 0.2) is 0 Å². The summed E-state index contributed by atoms with van der Waals surface area (Å²) in [6.45, 7) is 0.712. The summed E-state index contributed by atoms with van der Waals surface area (Å²) in [5, 5.41) is 3.37. The first-order chi connectivity index (χ1) is 10.7. The molecule has 3 rings (SSSR count). The number of carbonyl (C=O) groups is 1. The molecule has 0 aliphatic heterocycles. The molecule has 1 saturated carbocycles. The van der Waals surface area contributed by atoms with Crippen molar-refractivity contribution in [2.75, 3.05) is 19.4 Å². The van der Waals surface area contributed by atoms with Crippen molar-refractivity contribution in [1.29, 1.82) is 0 Å². The molecule has 0 radical (unpaired) electrons. The number of amides is 1. The van der Waals surface area contributed by atoms with Crippen molar-refractivity contribution < 1.29 is 9.53 Å². The number of anilines is 1. The van der Waals surface area contributed by atoms with Gasteiger partial charge in [-0.25, -0.2) is 4.98 Å². The largest absolute Gasteiger partial charge is 0.492 e. The molecular formula is C16H21N3O2S. The number of thiophene rings is 1. The molecule has 2 aromatic heterocycles. The molecule has 2 aromatic rings. The molecule has 1 amide bonds. The standard InChI is InChI=1S/C16H21N3O2S/c1-18-15(20)14-13(17)12-11(7-8-19-16(12)22-14)21-9-10-5-3-2-4-6-10/h7-8,10H,2-6,9,17H2,1H3,(H,18,20). The lowest BCUT2D eigenvalue weighted by Gasteiger charge is -2.21. The Morgan fingerprint density at radius 1 is 1.45 bits per heavy atom. The maximum absolute atomic E-state index is 11.9. The molecule has 1 aliphatic rings. The van der Waals surface area contributed by atoms with E-state index >= 15 is 0 Å². The number of aromatic nitrogens is 1. The minimum absolute atomic E-state index is 0.182. The van der Waals surface area contributed by atoms with Crippen LogP contribution in [0.25, 0.3) is 10.2 Å². The highest BCUT2D eigenvalue weighted by atomic mass is 32.1. The molecule has 0 spiro atoms. The van der Waals surface area contributed by atoms with Gasteiger partial charge < -0.3 is 15.8 Å². The van der Waals surface area contributed by atoms with Crippen LogP contribution in [-0.2, 0) is 0 Å². The van der Waals surface area contributed by atoms with E-state index in [4.69, 9.17) is 10.5 Å². The topological polar surface area (TPSA) is 77.2 Å². The van der Waals surface area contributed by atoms with Gasteiger partial charge in [-0.05, 0) is 24.8 Å². The third kappa shape index (κ3) is 2.88. The van der Waals surface area contributed by atoms with Crippen molar-refractivity contribution in [3.05, 3.63) is 17.1 Å². The van der Waals surface area contributed by atoms with Crippen LogP contribution in [0.4, 0.5) is 5.69 Å². The number of fused-ring (bicyclic) bond motifs is 1. The zero-order valence-corrected chi connectivity index (χ0v) is 13.5. The summed E-state index contributed by atoms with van der Waals surface area (Å²) in [7, 11) is 1.60. The van der Waals surface area contributed by atoms with Gasteiger partial charge in [0.25, 0.3) is 5.91 Å². The van der Waals surface area contributed by atoms with Gasteiger partial charge in [0.05, 0.1) is 17.7 Å². The van der Waals surface area contributed by atoms with Crippen LogP contribution in [0.1, 0.15) is 41.8 Å². The van der Waals surface area contributed by atoms with E-state index in [1.165, 1.54) is 43.4 Å². The molecule has 1 fully saturated rings. The highest BCUT2D eigenvalue weighted by Crippen LogP contribution is 2.38. The second kappa shape index (κ2) is 6.52. The Labute approximate surface area is 133 Å². The number of nitrogens with one attached hydrogen (secondary N) is 1. The third-order valence-electron chi connectivity index (χ3n) is 4.22. The van der Waals surface area contributed by atoms with Crippen LogP contribution < -0.4 is 15.8 Å². The summed E-state index contributed by atoms with van der Waals surface area (Å²) in [6.07, 6.45) is 8.10. The van der Waals surface area contributed by atoms with Gasteiger partial charge in [-0.2, -0.15) is 0 Å². The summed E-state index contributed by atoms with van der Waals surface area (Å²) < 4.78 is 6.02. The molecule has 0 saturated heterocycles. The molecule has 6 heteroatoms. The second-order valence-electron chi connectivity index (χ2n) is 5.73. The van der Waals surface area contributed by atoms with E-state index in [1.807, 2.05) is 6.07 Å². The molecule has 0 unspecified atom stereocenters. The summed E-state index contributed by atoms with van der Waals surface area (Å²) in [4.78, 5) is 17.4. The Kier molecular flexibility index (Phi) is 4.47. The quantitative estimate of drug-likeness (QED) is 0.907. The second-order valence-corrected chi connectivity index (χ2v) is 6.73. The van der Waals surface area contributed by atoms with E-state index < -0.39 is 0 Å². The van der Waals surface area contributed by atoms with E-state index in [2.05, 4.69) is 10.3 Å². The maximum atomic E-state index is 11.9. The van der Waals surface area contributed by atoms with Gasteiger partial charge in [-0.3, -0.25) is 4.79 Å². The summed E-state index contributed by atoms with van der Waals surface area (Å²) in [5.41, 5.74) is 6.62. The van der Waals surface area contributed by atoms with Crippen molar-refractivity contribution in [2.45, 2.75) is 32.1 Å². The Balaban J connectivity index is 1.85. The Hall–Kier alpha value is -1.82. The maximum Gasteiger partial charge on any atom is 0.263 e. The highest BCUT2D eigenvalue weighted by molar-refractivity contribution is 7.21. The third-order valence-corrected chi connectivity index (χ3v) is 5.34. The van der Waals surface area contributed by atoms with Crippen LogP contribution in [0, 0.1) is 5.92 Å². The first kappa shape index (κ1) is 15.1. The monoisotopic (exact) mass is 319 g/mol. The lowest BCUT2D eigenvalue weighted by atomic mass is 9.90. The molecule has 3 N–H and O–H groups in total. The smallest absolute Gasteiger partial charge is 0.263 e. The molecule has 22 heavy (non-hydrogen) atoms. The molecular weight excluding hydrogens is 298 g/mol. The zero-order valence-electron chi connectivity index (χ0n) is 12.7. The predicted octanol–water partition coefficient (Wildman–Crippen LogP) is 3.20. The van der Waals surface area contributed by atoms with Crippen LogP contribution in [0.5, 0.6) is 5.75 Å². The Morgan fingerprint density at radius 3 is 2.95 bits per heavy atom. The molecule has 118 valence electrons. The lowest BCUT2D eigenvalue weighted by Crippen LogP contribution is -2.17. The lowest BCUT2D eigenvalue weighted by molar-refractivity contribution is 0.0968. The van der Waals surface area contributed by atoms with E-state index in [1.54, 1.807) is 13.2 Å². The molecule has 1 aliphatic carbocycles. The van der Waals surface area contributed by atoms with E-state index in [0.29, 0.717) is 23.1 Å². The summed E-state index contributed by atoms with van der Waals surface area (Å²) >= 11 is 1.30. The van der Waals surface area contributed by atoms with Gasteiger partial charge in [0.2, 0.25) is 0 Å². The number of carbonyl (C=O) groups excluding carboxylic acids is 1. The van der Waals surface area contributed by atoms with Crippen molar-refractivity contribution in [2.24, 2.45) is 5.92 Å². The first-order valence-electron chi connectivity index (χ1n) is 7.72. The van der Waals surface area contributed by atoms with Gasteiger partial charge in [-0.15, -0.1) is 11.3 Å². The van der Waals surface area contributed by atoms with Crippen LogP contribution in [0.3, 0.4) is 0 Å². The SMILES string of the molecule is CNC(=O)c1sc2nccc(OCC3CCCCC3)c2c1N. The van der Waals surface area contributed by atoms with Crippen LogP contribution in [0.15, 0.2) is 12.3 Å². The van der Waals surface area contributed by atoms with Crippen molar-refractivity contribution >= 4 is 33.1 Å². The fraction of sp³-hybridized carbons (Fsp3) is 0.500. The number of nitrogens with zero attached hydrogens (tertiary/aromatic N) is 1. The number of nitrogens with two attached hydrogens (primary N) is 1. The molecule has 0 aromatic carbocycles. The molecule has 0 atom stereocenters. The minimum Gasteiger partial charge on any atom is -0.492 e. The van der Waals surface area contributed by atoms with Gasteiger partial charge >= 0.3 is 0 Å². The summed E-state index contributed by atoms with van der Waals surface area (Å²) in [6, 6.07) is 1.84. The van der Waals surface area contributed by atoms with Crippen molar-refractivity contribution in [3.63, 3.8) is 0 Å². The Morgan fingerprint density at radius 2 is 2.23 bits per heavy atom. The highest BCUT2D eigenvalue weighted by Gasteiger charge is 2.20. The molecule has 2 heterocycles. The number of ether oxygens (including phenoxy) is 1. The molecule has 5 nitrogen and oxygen atoms in total. The predicted molar refractivity (Wildman–Crippen MR) is 89.5 cm³/mol. The Bertz CT molecular complexity index is 677. The van der Waals surface area contributed by atoms with E-state index in [0.717, 1.165) is 16.0 Å². The van der Waals surface area contributed by atoms with Gasteiger partial charge in [-0.1, -0.05) is 19.3 Å². The average Bonchev–Trinajstić information content (AvgIpc) is 2.91. The fourth-order valence-electron chi connectivity index (χ4n) is 2.98. The fourth-order valence-corrected chi connectivity index (χ4v) is 4.01.